The van der Waals surface area contributed by atoms with Gasteiger partial charge in [0.05, 0.1) is 6.10 Å². The first kappa shape index (κ1) is 15.3. The van der Waals surface area contributed by atoms with Crippen molar-refractivity contribution in [3.05, 3.63) is 0 Å². The van der Waals surface area contributed by atoms with E-state index < -0.39 is 0 Å². The van der Waals surface area contributed by atoms with Crippen molar-refractivity contribution < 1.29 is 4.74 Å². The first-order valence-corrected chi connectivity index (χ1v) is 6.85. The van der Waals surface area contributed by atoms with E-state index in [-0.39, 0.29) is 11.0 Å². The lowest BCUT2D eigenvalue weighted by Gasteiger charge is -2.35. The number of guanidine groups is 1. The Morgan fingerprint density at radius 3 is 2.39 bits per heavy atom. The number of hydrogen-bond acceptors (Lipinski definition) is 2. The Morgan fingerprint density at radius 2 is 1.94 bits per heavy atom. The zero-order valence-electron chi connectivity index (χ0n) is 12.5. The molecule has 0 radical (unpaired) electrons. The van der Waals surface area contributed by atoms with Crippen molar-refractivity contribution in [2.75, 3.05) is 13.7 Å². The van der Waals surface area contributed by atoms with Gasteiger partial charge in [0.1, 0.15) is 0 Å². The summed E-state index contributed by atoms with van der Waals surface area (Å²) in [6, 6.07) is 0. The van der Waals surface area contributed by atoms with Crippen LogP contribution in [0.15, 0.2) is 4.99 Å². The third-order valence-electron chi connectivity index (χ3n) is 3.61. The molecule has 106 valence electrons. The van der Waals surface area contributed by atoms with Crippen LogP contribution >= 0.6 is 0 Å². The molecule has 0 aromatic rings. The molecule has 1 saturated carbocycles. The van der Waals surface area contributed by atoms with E-state index in [0.717, 1.165) is 32.2 Å². The van der Waals surface area contributed by atoms with E-state index in [1.807, 2.05) is 0 Å². The summed E-state index contributed by atoms with van der Waals surface area (Å²) in [6.45, 7) is 9.35. The van der Waals surface area contributed by atoms with Crippen molar-refractivity contribution in [2.45, 2.75) is 65.0 Å². The first-order chi connectivity index (χ1) is 8.24. The highest BCUT2D eigenvalue weighted by Crippen LogP contribution is 2.36. The number of aliphatic imine (C=N–C) groups is 1. The van der Waals surface area contributed by atoms with Crippen LogP contribution in [-0.2, 0) is 4.74 Å². The van der Waals surface area contributed by atoms with Crippen molar-refractivity contribution in [3.63, 3.8) is 0 Å². The first-order valence-electron chi connectivity index (χ1n) is 6.85. The zero-order chi connectivity index (χ0) is 13.8. The number of methoxy groups -OCH3 is 1. The summed E-state index contributed by atoms with van der Waals surface area (Å²) >= 11 is 0. The number of nitrogens with zero attached hydrogens (tertiary/aromatic N) is 1. The van der Waals surface area contributed by atoms with E-state index >= 15 is 0 Å². The highest BCUT2D eigenvalue weighted by atomic mass is 16.5. The van der Waals surface area contributed by atoms with Gasteiger partial charge in [0.2, 0.25) is 0 Å². The second kappa shape index (κ2) is 5.91. The molecule has 1 aliphatic carbocycles. The number of nitrogens with one attached hydrogen (secondary N) is 1. The molecule has 0 bridgehead atoms. The van der Waals surface area contributed by atoms with Gasteiger partial charge in [-0.2, -0.15) is 0 Å². The van der Waals surface area contributed by atoms with Gasteiger partial charge in [-0.15, -0.1) is 0 Å². The molecular weight excluding hydrogens is 226 g/mol. The van der Waals surface area contributed by atoms with Crippen LogP contribution in [0.1, 0.15) is 53.4 Å². The predicted octanol–water partition coefficient (Wildman–Crippen LogP) is 2.28. The minimum absolute atomic E-state index is 0.0256. The molecule has 3 N–H and O–H groups in total. The molecule has 0 aliphatic heterocycles. The third-order valence-corrected chi connectivity index (χ3v) is 3.61. The minimum atomic E-state index is -0.0256. The lowest BCUT2D eigenvalue weighted by Crippen LogP contribution is -2.45. The Hall–Kier alpha value is -0.770. The van der Waals surface area contributed by atoms with Gasteiger partial charge in [0, 0.05) is 19.2 Å². The maximum atomic E-state index is 5.90. The van der Waals surface area contributed by atoms with Crippen molar-refractivity contribution in [2.24, 2.45) is 16.1 Å². The second-order valence-corrected chi connectivity index (χ2v) is 6.82. The fourth-order valence-corrected chi connectivity index (χ4v) is 2.38. The molecule has 4 heteroatoms. The molecule has 0 aromatic heterocycles. The maximum absolute atomic E-state index is 5.90. The Kier molecular flexibility index (Phi) is 5.02. The largest absolute Gasteiger partial charge is 0.381 e. The number of nitrogens with two attached hydrogens (primary N) is 1. The SMILES string of the molecule is COC1CCC(C)(CN=C(N)NC(C)(C)C)CC1. The van der Waals surface area contributed by atoms with Crippen LogP contribution in [0.2, 0.25) is 0 Å². The van der Waals surface area contributed by atoms with Gasteiger partial charge in [-0.1, -0.05) is 6.92 Å². The van der Waals surface area contributed by atoms with E-state index in [1.54, 1.807) is 7.11 Å². The molecule has 0 unspecified atom stereocenters. The topological polar surface area (TPSA) is 59.6 Å². The number of hydrogen-bond donors (Lipinski definition) is 2. The summed E-state index contributed by atoms with van der Waals surface area (Å²) in [5, 5.41) is 3.20. The molecule has 0 atom stereocenters. The van der Waals surface area contributed by atoms with E-state index in [0.29, 0.717) is 12.1 Å². The normalized spacial score (nSPS) is 30.3. The molecule has 1 fully saturated rings. The third kappa shape index (κ3) is 5.25. The summed E-state index contributed by atoms with van der Waals surface area (Å²) in [5.74, 6) is 0.553. The van der Waals surface area contributed by atoms with Gasteiger partial charge in [0.15, 0.2) is 5.96 Å². The summed E-state index contributed by atoms with van der Waals surface area (Å²) in [5.41, 5.74) is 6.15. The van der Waals surface area contributed by atoms with Crippen molar-refractivity contribution in [1.82, 2.24) is 5.32 Å². The predicted molar refractivity (Wildman–Crippen MR) is 76.8 cm³/mol. The maximum Gasteiger partial charge on any atom is 0.189 e. The Balaban J connectivity index is 2.45. The molecule has 0 amide bonds. The average Bonchev–Trinajstić information content (AvgIpc) is 2.26. The molecular formula is C14H29N3O. The molecule has 4 nitrogen and oxygen atoms in total. The van der Waals surface area contributed by atoms with Crippen LogP contribution in [0.25, 0.3) is 0 Å². The van der Waals surface area contributed by atoms with Crippen LogP contribution in [0.5, 0.6) is 0 Å². The fourth-order valence-electron chi connectivity index (χ4n) is 2.38. The van der Waals surface area contributed by atoms with E-state index in [4.69, 9.17) is 10.5 Å². The van der Waals surface area contributed by atoms with Crippen molar-refractivity contribution in [3.8, 4) is 0 Å². The Bertz CT molecular complexity index is 286. The molecule has 0 heterocycles. The van der Waals surface area contributed by atoms with Crippen LogP contribution in [-0.4, -0.2) is 31.3 Å². The smallest absolute Gasteiger partial charge is 0.189 e. The highest BCUT2D eigenvalue weighted by Gasteiger charge is 2.31. The fraction of sp³-hybridized carbons (Fsp3) is 0.929. The van der Waals surface area contributed by atoms with Gasteiger partial charge >= 0.3 is 0 Å². The summed E-state index contributed by atoms with van der Waals surface area (Å²) in [6.07, 6.45) is 5.03. The van der Waals surface area contributed by atoms with E-state index in [2.05, 4.69) is 38.0 Å². The van der Waals surface area contributed by atoms with Gasteiger partial charge in [-0.05, 0) is 51.9 Å². The highest BCUT2D eigenvalue weighted by molar-refractivity contribution is 5.78. The standard InChI is InChI=1S/C14H29N3O/c1-13(2,3)17-12(15)16-10-14(4)8-6-11(18-5)7-9-14/h11H,6-10H2,1-5H3,(H3,15,16,17). The Morgan fingerprint density at radius 1 is 1.39 bits per heavy atom. The van der Waals surface area contributed by atoms with Gasteiger partial charge < -0.3 is 15.8 Å². The average molecular weight is 255 g/mol. The molecule has 1 rings (SSSR count). The van der Waals surface area contributed by atoms with Crippen molar-refractivity contribution in [1.29, 1.82) is 0 Å². The van der Waals surface area contributed by atoms with Crippen LogP contribution < -0.4 is 11.1 Å². The van der Waals surface area contributed by atoms with Crippen LogP contribution in [0, 0.1) is 5.41 Å². The van der Waals surface area contributed by atoms with Crippen LogP contribution in [0.4, 0.5) is 0 Å². The van der Waals surface area contributed by atoms with Crippen LogP contribution in [0.3, 0.4) is 0 Å². The molecule has 0 spiro atoms. The zero-order valence-corrected chi connectivity index (χ0v) is 12.5. The number of ether oxygens (including phenoxy) is 1. The molecule has 0 aromatic carbocycles. The quantitative estimate of drug-likeness (QED) is 0.601. The van der Waals surface area contributed by atoms with Gasteiger partial charge in [-0.3, -0.25) is 4.99 Å². The molecule has 18 heavy (non-hydrogen) atoms. The summed E-state index contributed by atoms with van der Waals surface area (Å²) in [4.78, 5) is 4.50. The number of rotatable bonds is 3. The van der Waals surface area contributed by atoms with Gasteiger partial charge in [-0.25, -0.2) is 0 Å². The molecule has 1 aliphatic rings. The molecule has 0 saturated heterocycles. The van der Waals surface area contributed by atoms with E-state index in [1.165, 1.54) is 0 Å². The lowest BCUT2D eigenvalue weighted by molar-refractivity contribution is 0.0352. The van der Waals surface area contributed by atoms with Crippen molar-refractivity contribution >= 4 is 5.96 Å². The Labute approximate surface area is 111 Å². The summed E-state index contributed by atoms with van der Waals surface area (Å²) in [7, 11) is 1.80. The second-order valence-electron chi connectivity index (χ2n) is 6.82. The monoisotopic (exact) mass is 255 g/mol. The minimum Gasteiger partial charge on any atom is -0.381 e. The van der Waals surface area contributed by atoms with Gasteiger partial charge in [0.25, 0.3) is 0 Å². The summed E-state index contributed by atoms with van der Waals surface area (Å²) < 4.78 is 5.40. The van der Waals surface area contributed by atoms with E-state index in [9.17, 15) is 0 Å². The lowest BCUT2D eigenvalue weighted by atomic mass is 9.75.